The molecule has 0 radical (unpaired) electrons. The van der Waals surface area contributed by atoms with Gasteiger partial charge in [-0.25, -0.2) is 4.39 Å². The smallest absolute Gasteiger partial charge is 0.316 e. The van der Waals surface area contributed by atoms with Crippen molar-refractivity contribution in [2.75, 3.05) is 18.9 Å². The fraction of sp³-hybridized carbons (Fsp3) is 0.185. The third kappa shape index (κ3) is 6.17. The fourth-order valence-electron chi connectivity index (χ4n) is 3.57. The number of rotatable bonds is 10. The summed E-state index contributed by atoms with van der Waals surface area (Å²) < 4.78 is 21.4. The van der Waals surface area contributed by atoms with Gasteiger partial charge in [-0.1, -0.05) is 72.4 Å². The van der Waals surface area contributed by atoms with Crippen LogP contribution in [0.1, 0.15) is 12.5 Å². The number of ether oxygens (including phenoxy) is 1. The van der Waals surface area contributed by atoms with Crippen LogP contribution in [-0.2, 0) is 20.9 Å². The van der Waals surface area contributed by atoms with Crippen molar-refractivity contribution in [2.24, 2.45) is 0 Å². The first-order valence-electron chi connectivity index (χ1n) is 11.4. The second-order valence-corrected chi connectivity index (χ2v) is 8.74. The van der Waals surface area contributed by atoms with Gasteiger partial charge in [-0.15, -0.1) is 10.2 Å². The molecule has 3 aromatic carbocycles. The van der Waals surface area contributed by atoms with Crippen LogP contribution in [0.3, 0.4) is 0 Å². The molecule has 0 aliphatic heterocycles. The molecule has 0 bridgehead atoms. The molecular formula is C27H25FN4O3S. The third-order valence-corrected chi connectivity index (χ3v) is 6.29. The van der Waals surface area contributed by atoms with E-state index in [0.717, 1.165) is 23.0 Å². The summed E-state index contributed by atoms with van der Waals surface area (Å²) in [5.41, 5.74) is 2.03. The van der Waals surface area contributed by atoms with E-state index in [9.17, 15) is 14.0 Å². The second kappa shape index (κ2) is 12.1. The Morgan fingerprint density at radius 3 is 2.31 bits per heavy atom. The Morgan fingerprint density at radius 1 is 0.944 bits per heavy atom. The molecule has 4 aromatic rings. The Hall–Kier alpha value is -3.98. The fourth-order valence-corrected chi connectivity index (χ4v) is 4.32. The molecule has 4 rings (SSSR count). The first-order chi connectivity index (χ1) is 17.6. The molecule has 0 aliphatic rings. The van der Waals surface area contributed by atoms with Crippen LogP contribution in [0.5, 0.6) is 0 Å². The lowest BCUT2D eigenvalue weighted by molar-refractivity contribution is -0.150. The number of amides is 1. The van der Waals surface area contributed by atoms with Gasteiger partial charge in [-0.2, -0.15) is 0 Å². The summed E-state index contributed by atoms with van der Waals surface area (Å²) in [6.07, 6.45) is 0. The van der Waals surface area contributed by atoms with Crippen LogP contribution in [0.15, 0.2) is 90.1 Å². The number of thioether (sulfide) groups is 1. The minimum absolute atomic E-state index is 0.0830. The number of hydrogen-bond donors (Lipinski definition) is 0. The number of carbonyl (C=O) groups excluding carboxylic acids is 2. The molecule has 0 saturated heterocycles. The van der Waals surface area contributed by atoms with Crippen molar-refractivity contribution in [3.8, 4) is 17.1 Å². The zero-order valence-electron chi connectivity index (χ0n) is 19.7. The summed E-state index contributed by atoms with van der Waals surface area (Å²) in [5.74, 6) is -1.01. The van der Waals surface area contributed by atoms with Gasteiger partial charge < -0.3 is 9.64 Å². The molecule has 0 N–H and O–H groups in total. The van der Waals surface area contributed by atoms with Gasteiger partial charge >= 0.3 is 5.97 Å². The van der Waals surface area contributed by atoms with Gasteiger partial charge in [0.25, 0.3) is 5.91 Å². The van der Waals surface area contributed by atoms with E-state index in [1.165, 1.54) is 6.07 Å². The molecule has 0 aliphatic carbocycles. The summed E-state index contributed by atoms with van der Waals surface area (Å²) >= 11 is 1.11. The Morgan fingerprint density at radius 2 is 1.61 bits per heavy atom. The monoisotopic (exact) mass is 504 g/mol. The van der Waals surface area contributed by atoms with E-state index in [1.54, 1.807) is 27.7 Å². The van der Waals surface area contributed by atoms with Crippen LogP contribution in [0.4, 0.5) is 4.39 Å². The largest absolute Gasteiger partial charge is 0.455 e. The van der Waals surface area contributed by atoms with Crippen molar-refractivity contribution < 1.29 is 18.7 Å². The van der Waals surface area contributed by atoms with E-state index in [4.69, 9.17) is 4.74 Å². The van der Waals surface area contributed by atoms with Gasteiger partial charge in [0, 0.05) is 18.8 Å². The molecule has 0 atom stereocenters. The number of carbonyl (C=O) groups is 2. The number of halogens is 1. The molecule has 36 heavy (non-hydrogen) atoms. The summed E-state index contributed by atoms with van der Waals surface area (Å²) in [6.45, 7) is 2.48. The lowest BCUT2D eigenvalue weighted by atomic mass is 10.2. The maximum absolute atomic E-state index is 14.5. The van der Waals surface area contributed by atoms with E-state index >= 15 is 0 Å². The quantitative estimate of drug-likeness (QED) is 0.229. The van der Waals surface area contributed by atoms with Gasteiger partial charge in [0.1, 0.15) is 5.82 Å². The van der Waals surface area contributed by atoms with Crippen LogP contribution in [0, 0.1) is 5.82 Å². The predicted molar refractivity (Wildman–Crippen MR) is 136 cm³/mol. The van der Waals surface area contributed by atoms with E-state index in [1.807, 2.05) is 67.6 Å². The van der Waals surface area contributed by atoms with Crippen LogP contribution in [0.25, 0.3) is 17.1 Å². The van der Waals surface area contributed by atoms with Gasteiger partial charge in [0.15, 0.2) is 17.6 Å². The molecule has 1 aromatic heterocycles. The zero-order chi connectivity index (χ0) is 25.3. The second-order valence-electron chi connectivity index (χ2n) is 7.80. The van der Waals surface area contributed by atoms with E-state index in [2.05, 4.69) is 10.2 Å². The average molecular weight is 505 g/mol. The predicted octanol–water partition coefficient (Wildman–Crippen LogP) is 4.76. The van der Waals surface area contributed by atoms with Gasteiger partial charge in [-0.05, 0) is 36.8 Å². The number of nitrogens with zero attached hydrogens (tertiary/aromatic N) is 4. The van der Waals surface area contributed by atoms with Gasteiger partial charge in [-0.3, -0.25) is 14.2 Å². The highest BCUT2D eigenvalue weighted by Gasteiger charge is 2.20. The van der Waals surface area contributed by atoms with E-state index in [0.29, 0.717) is 29.6 Å². The minimum atomic E-state index is -0.556. The summed E-state index contributed by atoms with van der Waals surface area (Å²) in [7, 11) is 0. The van der Waals surface area contributed by atoms with Crippen molar-refractivity contribution in [1.82, 2.24) is 19.7 Å². The molecule has 184 valence electrons. The maximum Gasteiger partial charge on any atom is 0.316 e. The molecule has 0 spiro atoms. The van der Waals surface area contributed by atoms with Crippen molar-refractivity contribution >= 4 is 23.6 Å². The van der Waals surface area contributed by atoms with Crippen molar-refractivity contribution in [3.63, 3.8) is 0 Å². The number of para-hydroxylation sites is 1. The molecule has 1 amide bonds. The summed E-state index contributed by atoms with van der Waals surface area (Å²) in [6, 6.07) is 25.2. The Bertz CT molecular complexity index is 1320. The van der Waals surface area contributed by atoms with E-state index in [-0.39, 0.29) is 18.3 Å². The Balaban J connectivity index is 1.41. The van der Waals surface area contributed by atoms with Gasteiger partial charge in [0.2, 0.25) is 0 Å². The molecule has 0 unspecified atom stereocenters. The molecular weight excluding hydrogens is 479 g/mol. The van der Waals surface area contributed by atoms with Crippen LogP contribution in [0.2, 0.25) is 0 Å². The summed E-state index contributed by atoms with van der Waals surface area (Å²) in [4.78, 5) is 26.6. The number of aromatic nitrogens is 3. The highest BCUT2D eigenvalue weighted by molar-refractivity contribution is 7.99. The lowest BCUT2D eigenvalue weighted by Crippen LogP contribution is -2.34. The number of esters is 1. The van der Waals surface area contributed by atoms with Gasteiger partial charge in [0.05, 0.1) is 11.3 Å². The standard InChI is InChI=1S/C27H25FN4O3S/c1-2-31(17-20-11-5-3-6-12-20)24(33)18-35-25(34)19-36-27-30-29-26(22-15-9-10-16-23(22)28)32(27)21-13-7-4-8-14-21/h3-16H,2,17-19H2,1H3. The molecule has 0 fully saturated rings. The van der Waals surface area contributed by atoms with Crippen LogP contribution >= 0.6 is 11.8 Å². The van der Waals surface area contributed by atoms with Crippen LogP contribution in [-0.4, -0.2) is 50.4 Å². The van der Waals surface area contributed by atoms with E-state index < -0.39 is 11.8 Å². The van der Waals surface area contributed by atoms with Crippen molar-refractivity contribution in [3.05, 3.63) is 96.3 Å². The first-order valence-corrected chi connectivity index (χ1v) is 12.4. The highest BCUT2D eigenvalue weighted by Crippen LogP contribution is 2.29. The lowest BCUT2D eigenvalue weighted by Gasteiger charge is -2.20. The van der Waals surface area contributed by atoms with Crippen molar-refractivity contribution in [1.29, 1.82) is 0 Å². The maximum atomic E-state index is 14.5. The first kappa shape index (κ1) is 25.1. The molecule has 1 heterocycles. The van der Waals surface area contributed by atoms with Crippen molar-refractivity contribution in [2.45, 2.75) is 18.6 Å². The number of benzene rings is 3. The number of likely N-dealkylation sites (N-methyl/N-ethyl adjacent to an activating group) is 1. The summed E-state index contributed by atoms with van der Waals surface area (Å²) in [5, 5.41) is 8.79. The SMILES string of the molecule is CCN(Cc1ccccc1)C(=O)COC(=O)CSc1nnc(-c2ccccc2F)n1-c1ccccc1. The minimum Gasteiger partial charge on any atom is -0.455 e. The molecule has 9 heteroatoms. The van der Waals surface area contributed by atoms with Crippen LogP contribution < -0.4 is 0 Å². The third-order valence-electron chi connectivity index (χ3n) is 5.39. The molecule has 0 saturated carbocycles. The highest BCUT2D eigenvalue weighted by atomic mass is 32.2. The number of hydrogen-bond acceptors (Lipinski definition) is 6. The Labute approximate surface area is 212 Å². The zero-order valence-corrected chi connectivity index (χ0v) is 20.5. The molecule has 7 nitrogen and oxygen atoms in total. The normalized spacial score (nSPS) is 10.7. The Kier molecular flexibility index (Phi) is 8.46. The topological polar surface area (TPSA) is 77.3 Å². The average Bonchev–Trinajstić information content (AvgIpc) is 3.34.